The van der Waals surface area contributed by atoms with E-state index in [2.05, 4.69) is 10.6 Å². The maximum Gasteiger partial charge on any atom is 0.279 e. The van der Waals surface area contributed by atoms with E-state index in [-0.39, 0.29) is 22.6 Å². The number of carbonyl (C=O) groups excluding carboxylic acids is 2. The molecule has 1 heterocycles. The number of methoxy groups -OCH3 is 1. The number of phenols is 1. The summed E-state index contributed by atoms with van der Waals surface area (Å²) in [5.41, 5.74) is 0.284. The van der Waals surface area contributed by atoms with E-state index in [1.165, 1.54) is 19.2 Å². The van der Waals surface area contributed by atoms with Crippen molar-refractivity contribution in [1.82, 2.24) is 5.32 Å². The van der Waals surface area contributed by atoms with Crippen LogP contribution in [0, 0.1) is 0 Å². The van der Waals surface area contributed by atoms with Gasteiger partial charge in [0.2, 0.25) is 5.91 Å². The number of anilines is 1. The molecule has 3 N–H and O–H groups in total. The Morgan fingerprint density at radius 3 is 2.94 bits per heavy atom. The van der Waals surface area contributed by atoms with Gasteiger partial charge in [-0.15, -0.1) is 0 Å². The van der Waals surface area contributed by atoms with E-state index < -0.39 is 6.04 Å². The summed E-state index contributed by atoms with van der Waals surface area (Å²) in [6.07, 6.45) is 0. The van der Waals surface area contributed by atoms with Gasteiger partial charge in [-0.25, -0.2) is 0 Å². The standard InChI is InChI=1S/C11H12N2O4S/c1-17-6-2-3-7(9(14)4-6)12-10(15)8-5-18-11(16)13-8/h2-4,8,14H,5H2,1H3,(H,12,15)(H,13,16). The Bertz CT molecular complexity index is 492. The predicted molar refractivity (Wildman–Crippen MR) is 68.1 cm³/mol. The third-order valence-corrected chi connectivity index (χ3v) is 3.33. The van der Waals surface area contributed by atoms with Gasteiger partial charge < -0.3 is 20.5 Å². The van der Waals surface area contributed by atoms with Gasteiger partial charge in [-0.05, 0) is 12.1 Å². The van der Waals surface area contributed by atoms with Crippen LogP contribution in [0.2, 0.25) is 0 Å². The van der Waals surface area contributed by atoms with E-state index in [0.717, 1.165) is 11.8 Å². The number of amides is 2. The summed E-state index contributed by atoms with van der Waals surface area (Å²) in [6, 6.07) is 3.99. The molecule has 96 valence electrons. The van der Waals surface area contributed by atoms with Gasteiger partial charge in [-0.3, -0.25) is 9.59 Å². The summed E-state index contributed by atoms with van der Waals surface area (Å²) in [5, 5.41) is 14.5. The number of benzene rings is 1. The number of hydrogen-bond acceptors (Lipinski definition) is 5. The molecule has 0 bridgehead atoms. The smallest absolute Gasteiger partial charge is 0.279 e. The second-order valence-electron chi connectivity index (χ2n) is 3.67. The number of thioether (sulfide) groups is 1. The molecule has 0 spiro atoms. The van der Waals surface area contributed by atoms with Crippen molar-refractivity contribution in [1.29, 1.82) is 0 Å². The maximum absolute atomic E-state index is 11.8. The largest absolute Gasteiger partial charge is 0.506 e. The summed E-state index contributed by atoms with van der Waals surface area (Å²) in [7, 11) is 1.48. The van der Waals surface area contributed by atoms with Crippen LogP contribution < -0.4 is 15.4 Å². The summed E-state index contributed by atoms with van der Waals surface area (Å²) in [4.78, 5) is 22.8. The van der Waals surface area contributed by atoms with Crippen molar-refractivity contribution in [2.24, 2.45) is 0 Å². The van der Waals surface area contributed by atoms with Crippen molar-refractivity contribution in [2.45, 2.75) is 6.04 Å². The lowest BCUT2D eigenvalue weighted by molar-refractivity contribution is -0.117. The molecule has 1 fully saturated rings. The SMILES string of the molecule is COc1ccc(NC(=O)C2CSC(=O)N2)c(O)c1. The average molecular weight is 268 g/mol. The number of aromatic hydroxyl groups is 1. The van der Waals surface area contributed by atoms with Gasteiger partial charge in [0, 0.05) is 11.8 Å². The van der Waals surface area contributed by atoms with E-state index >= 15 is 0 Å². The van der Waals surface area contributed by atoms with Crippen molar-refractivity contribution in [3.63, 3.8) is 0 Å². The Kier molecular flexibility index (Phi) is 3.61. The quantitative estimate of drug-likeness (QED) is 0.716. The molecule has 0 saturated carbocycles. The number of rotatable bonds is 3. The minimum absolute atomic E-state index is 0.0836. The lowest BCUT2D eigenvalue weighted by Crippen LogP contribution is -2.38. The highest BCUT2D eigenvalue weighted by Crippen LogP contribution is 2.28. The zero-order valence-corrected chi connectivity index (χ0v) is 10.4. The van der Waals surface area contributed by atoms with Crippen molar-refractivity contribution >= 4 is 28.6 Å². The number of carbonyl (C=O) groups is 2. The highest BCUT2D eigenvalue weighted by atomic mass is 32.2. The minimum Gasteiger partial charge on any atom is -0.506 e. The van der Waals surface area contributed by atoms with E-state index in [1.54, 1.807) is 6.07 Å². The Morgan fingerprint density at radius 2 is 2.39 bits per heavy atom. The van der Waals surface area contributed by atoms with Crippen LogP contribution in [0.1, 0.15) is 0 Å². The van der Waals surface area contributed by atoms with E-state index in [1.807, 2.05) is 0 Å². The fourth-order valence-corrected chi connectivity index (χ4v) is 2.27. The molecule has 1 aromatic rings. The zero-order valence-electron chi connectivity index (χ0n) is 9.60. The molecule has 18 heavy (non-hydrogen) atoms. The van der Waals surface area contributed by atoms with Gasteiger partial charge >= 0.3 is 0 Å². The van der Waals surface area contributed by atoms with Crippen LogP contribution in [0.4, 0.5) is 10.5 Å². The van der Waals surface area contributed by atoms with Crippen molar-refractivity contribution in [3.05, 3.63) is 18.2 Å². The zero-order chi connectivity index (χ0) is 13.1. The molecule has 1 aliphatic heterocycles. The van der Waals surface area contributed by atoms with Crippen molar-refractivity contribution < 1.29 is 19.4 Å². The lowest BCUT2D eigenvalue weighted by atomic mass is 10.2. The normalized spacial score (nSPS) is 18.3. The Labute approximate surface area is 108 Å². The van der Waals surface area contributed by atoms with Crippen molar-refractivity contribution in [3.8, 4) is 11.5 Å². The van der Waals surface area contributed by atoms with Gasteiger partial charge in [-0.2, -0.15) is 0 Å². The van der Waals surface area contributed by atoms with Gasteiger partial charge in [0.25, 0.3) is 5.24 Å². The fraction of sp³-hybridized carbons (Fsp3) is 0.273. The lowest BCUT2D eigenvalue weighted by Gasteiger charge is -2.12. The first kappa shape index (κ1) is 12.6. The molecule has 1 saturated heterocycles. The van der Waals surface area contributed by atoms with Crippen LogP contribution in [-0.2, 0) is 4.79 Å². The number of phenolic OH excluding ortho intramolecular Hbond substituents is 1. The first-order chi connectivity index (χ1) is 8.60. The summed E-state index contributed by atoms with van der Waals surface area (Å²) in [6.45, 7) is 0. The molecular weight excluding hydrogens is 256 g/mol. The van der Waals surface area contributed by atoms with Crippen LogP contribution in [-0.4, -0.2) is 35.2 Å². The molecule has 1 unspecified atom stereocenters. The topological polar surface area (TPSA) is 87.7 Å². The third-order valence-electron chi connectivity index (χ3n) is 2.45. The molecule has 1 aliphatic rings. The Hall–Kier alpha value is -1.89. The molecule has 0 aromatic heterocycles. The van der Waals surface area contributed by atoms with Gasteiger partial charge in [0.15, 0.2) is 0 Å². The molecule has 0 radical (unpaired) electrons. The minimum atomic E-state index is -0.566. The van der Waals surface area contributed by atoms with Crippen molar-refractivity contribution in [2.75, 3.05) is 18.2 Å². The van der Waals surface area contributed by atoms with Crippen LogP contribution >= 0.6 is 11.8 Å². The highest BCUT2D eigenvalue weighted by molar-refractivity contribution is 8.14. The molecule has 2 rings (SSSR count). The molecule has 1 aromatic carbocycles. The molecule has 0 aliphatic carbocycles. The molecule has 1 atom stereocenters. The first-order valence-electron chi connectivity index (χ1n) is 5.21. The summed E-state index contributed by atoms with van der Waals surface area (Å²) < 4.78 is 4.94. The Balaban J connectivity index is 2.05. The fourth-order valence-electron chi connectivity index (χ4n) is 1.49. The van der Waals surface area contributed by atoms with Gasteiger partial charge in [-0.1, -0.05) is 11.8 Å². The molecule has 6 nitrogen and oxygen atoms in total. The van der Waals surface area contributed by atoms with Crippen LogP contribution in [0.3, 0.4) is 0 Å². The van der Waals surface area contributed by atoms with E-state index in [4.69, 9.17) is 4.74 Å². The maximum atomic E-state index is 11.8. The summed E-state index contributed by atoms with van der Waals surface area (Å²) in [5.74, 6) is 0.449. The Morgan fingerprint density at radius 1 is 1.61 bits per heavy atom. The average Bonchev–Trinajstić information content (AvgIpc) is 2.78. The van der Waals surface area contributed by atoms with Gasteiger partial charge in [0.1, 0.15) is 17.5 Å². The number of ether oxygens (including phenoxy) is 1. The molecule has 2 amide bonds. The number of nitrogens with one attached hydrogen (secondary N) is 2. The van der Waals surface area contributed by atoms with Crippen LogP contribution in [0.25, 0.3) is 0 Å². The van der Waals surface area contributed by atoms with Crippen LogP contribution in [0.5, 0.6) is 11.5 Å². The van der Waals surface area contributed by atoms with E-state index in [0.29, 0.717) is 11.5 Å². The van der Waals surface area contributed by atoms with Gasteiger partial charge in [0.05, 0.1) is 12.8 Å². The second kappa shape index (κ2) is 5.18. The molecular formula is C11H12N2O4S. The monoisotopic (exact) mass is 268 g/mol. The third kappa shape index (κ3) is 2.67. The van der Waals surface area contributed by atoms with E-state index in [9.17, 15) is 14.7 Å². The first-order valence-corrected chi connectivity index (χ1v) is 6.20. The highest BCUT2D eigenvalue weighted by Gasteiger charge is 2.28. The molecule has 7 heteroatoms. The van der Waals surface area contributed by atoms with Crippen LogP contribution in [0.15, 0.2) is 18.2 Å². The number of hydrogen-bond donors (Lipinski definition) is 3. The second-order valence-corrected chi connectivity index (χ2v) is 4.66. The predicted octanol–water partition coefficient (Wildman–Crippen LogP) is 1.16. The summed E-state index contributed by atoms with van der Waals surface area (Å²) >= 11 is 1.06.